The first-order valence-corrected chi connectivity index (χ1v) is 9.02. The summed E-state index contributed by atoms with van der Waals surface area (Å²) in [5.74, 6) is 1.36. The molecule has 0 unspecified atom stereocenters. The second-order valence-electron chi connectivity index (χ2n) is 8.96. The Morgan fingerprint density at radius 2 is 1.73 bits per heavy atom. The molecule has 1 saturated heterocycles. The third kappa shape index (κ3) is 1.90. The number of rotatable bonds is 0. The molecule has 0 aromatic heterocycles. The fraction of sp³-hybridized carbons (Fsp3) is 1.00. The van der Waals surface area contributed by atoms with Gasteiger partial charge in [-0.3, -0.25) is 0 Å². The molecule has 4 heteroatoms. The van der Waals surface area contributed by atoms with Crippen LogP contribution in [0, 0.1) is 28.6 Å². The van der Waals surface area contributed by atoms with Gasteiger partial charge in [-0.25, -0.2) is 0 Å². The monoisotopic (exact) mass is 310 g/mol. The van der Waals surface area contributed by atoms with Crippen molar-refractivity contribution in [2.75, 3.05) is 6.61 Å². The van der Waals surface area contributed by atoms with Gasteiger partial charge in [0, 0.05) is 5.41 Å². The maximum atomic E-state index is 10.4. The molecule has 4 aliphatic rings. The fourth-order valence-electron chi connectivity index (χ4n) is 6.42. The maximum Gasteiger partial charge on any atom is 0.0877 e. The average molecular weight is 310 g/mol. The highest BCUT2D eigenvalue weighted by atomic mass is 16.5. The van der Waals surface area contributed by atoms with Gasteiger partial charge in [-0.05, 0) is 61.7 Å². The molecule has 0 radical (unpaired) electrons. The minimum Gasteiger partial charge on any atom is -0.393 e. The summed E-state index contributed by atoms with van der Waals surface area (Å²) in [6, 6.07) is 0. The minimum absolute atomic E-state index is 0.140. The standard InChI is InChI=1S/C18H30O4/c1-17-6-5-11(19)7-10(17)3-4-12-13-8-14(20)15(21)18(13,2)9-22-16(12)17/h10-16,19-21H,3-9H2,1-2H3/t10-,11-,12+,13+,14+,15+,16+,17+,18+/m1/s1. The Morgan fingerprint density at radius 3 is 2.50 bits per heavy atom. The van der Waals surface area contributed by atoms with Crippen LogP contribution in [0.15, 0.2) is 0 Å². The molecule has 3 aliphatic carbocycles. The van der Waals surface area contributed by atoms with Crippen LogP contribution in [0.1, 0.15) is 52.4 Å². The van der Waals surface area contributed by atoms with Gasteiger partial charge in [0.2, 0.25) is 0 Å². The fourth-order valence-corrected chi connectivity index (χ4v) is 6.42. The Bertz CT molecular complexity index is 454. The van der Waals surface area contributed by atoms with Crippen molar-refractivity contribution in [2.24, 2.45) is 28.6 Å². The van der Waals surface area contributed by atoms with Crippen molar-refractivity contribution in [1.29, 1.82) is 0 Å². The van der Waals surface area contributed by atoms with E-state index in [1.807, 2.05) is 0 Å². The predicted octanol–water partition coefficient (Wildman–Crippen LogP) is 1.71. The first-order valence-electron chi connectivity index (χ1n) is 9.02. The van der Waals surface area contributed by atoms with Crippen LogP contribution in [-0.2, 0) is 4.74 Å². The zero-order chi connectivity index (χ0) is 15.7. The van der Waals surface area contributed by atoms with Gasteiger partial charge in [0.25, 0.3) is 0 Å². The highest BCUT2D eigenvalue weighted by molar-refractivity contribution is 5.11. The third-order valence-corrected chi connectivity index (χ3v) is 7.87. The minimum atomic E-state index is -0.655. The molecule has 3 N–H and O–H groups in total. The molecule has 9 atom stereocenters. The van der Waals surface area contributed by atoms with Crippen LogP contribution < -0.4 is 0 Å². The van der Waals surface area contributed by atoms with Crippen molar-refractivity contribution in [2.45, 2.75) is 76.8 Å². The number of aliphatic hydroxyl groups is 3. The number of ether oxygens (including phenoxy) is 1. The zero-order valence-electron chi connectivity index (χ0n) is 13.7. The van der Waals surface area contributed by atoms with Crippen molar-refractivity contribution in [1.82, 2.24) is 0 Å². The van der Waals surface area contributed by atoms with E-state index in [1.165, 1.54) is 0 Å². The van der Waals surface area contributed by atoms with Gasteiger partial charge in [0.05, 0.1) is 31.0 Å². The zero-order valence-corrected chi connectivity index (χ0v) is 13.7. The van der Waals surface area contributed by atoms with E-state index in [2.05, 4.69) is 13.8 Å². The summed E-state index contributed by atoms with van der Waals surface area (Å²) < 4.78 is 6.37. The normalized spacial score (nSPS) is 61.2. The van der Waals surface area contributed by atoms with E-state index in [0.717, 1.165) is 32.1 Å². The number of hydrogen-bond donors (Lipinski definition) is 3. The summed E-state index contributed by atoms with van der Waals surface area (Å²) in [7, 11) is 0. The molecule has 22 heavy (non-hydrogen) atoms. The Balaban J connectivity index is 1.63. The van der Waals surface area contributed by atoms with Gasteiger partial charge < -0.3 is 20.1 Å². The topological polar surface area (TPSA) is 69.9 Å². The summed E-state index contributed by atoms with van der Waals surface area (Å²) >= 11 is 0. The van der Waals surface area contributed by atoms with Crippen LogP contribution in [-0.4, -0.2) is 46.3 Å². The van der Waals surface area contributed by atoms with E-state index in [0.29, 0.717) is 30.8 Å². The molecule has 126 valence electrons. The molecule has 4 nitrogen and oxygen atoms in total. The van der Waals surface area contributed by atoms with Gasteiger partial charge >= 0.3 is 0 Å². The van der Waals surface area contributed by atoms with Gasteiger partial charge in [-0.1, -0.05) is 13.8 Å². The van der Waals surface area contributed by atoms with Crippen LogP contribution in [0.25, 0.3) is 0 Å². The van der Waals surface area contributed by atoms with Gasteiger partial charge in [-0.2, -0.15) is 0 Å². The van der Waals surface area contributed by atoms with E-state index in [-0.39, 0.29) is 23.0 Å². The molecular weight excluding hydrogens is 280 g/mol. The lowest BCUT2D eigenvalue weighted by Crippen LogP contribution is -2.60. The summed E-state index contributed by atoms with van der Waals surface area (Å²) in [6.45, 7) is 5.00. The van der Waals surface area contributed by atoms with Gasteiger partial charge in [-0.15, -0.1) is 0 Å². The summed E-state index contributed by atoms with van der Waals surface area (Å²) in [5.41, 5.74) is -0.139. The maximum absolute atomic E-state index is 10.4. The Hall–Kier alpha value is -0.160. The highest BCUT2D eigenvalue weighted by Crippen LogP contribution is 2.61. The highest BCUT2D eigenvalue weighted by Gasteiger charge is 2.63. The van der Waals surface area contributed by atoms with Crippen LogP contribution in [0.2, 0.25) is 0 Å². The molecule has 0 aromatic rings. The van der Waals surface area contributed by atoms with Crippen LogP contribution in [0.5, 0.6) is 0 Å². The SMILES string of the molecule is C[C@]12CC[C@@H](O)C[C@H]1CC[C@H]1[C@@H]3C[C@H](O)[C@H](O)[C@@]3(C)CO[C@@H]12. The van der Waals surface area contributed by atoms with Gasteiger partial charge in [0.15, 0.2) is 0 Å². The summed E-state index contributed by atoms with van der Waals surface area (Å²) in [4.78, 5) is 0. The molecule has 0 aromatic carbocycles. The average Bonchev–Trinajstić information content (AvgIpc) is 2.72. The molecule has 1 heterocycles. The van der Waals surface area contributed by atoms with Gasteiger partial charge in [0.1, 0.15) is 0 Å². The van der Waals surface area contributed by atoms with Crippen molar-refractivity contribution < 1.29 is 20.1 Å². The van der Waals surface area contributed by atoms with Crippen molar-refractivity contribution >= 4 is 0 Å². The lowest BCUT2D eigenvalue weighted by Gasteiger charge is -2.59. The lowest BCUT2D eigenvalue weighted by atomic mass is 9.51. The smallest absolute Gasteiger partial charge is 0.0877 e. The molecule has 4 rings (SSSR count). The Morgan fingerprint density at radius 1 is 0.955 bits per heavy atom. The predicted molar refractivity (Wildman–Crippen MR) is 82.1 cm³/mol. The number of fused-ring (bicyclic) bond motifs is 5. The van der Waals surface area contributed by atoms with E-state index >= 15 is 0 Å². The number of aliphatic hydroxyl groups excluding tert-OH is 3. The van der Waals surface area contributed by atoms with E-state index in [1.54, 1.807) is 0 Å². The lowest BCUT2D eigenvalue weighted by molar-refractivity contribution is -0.226. The van der Waals surface area contributed by atoms with E-state index in [9.17, 15) is 15.3 Å². The van der Waals surface area contributed by atoms with Crippen LogP contribution in [0.4, 0.5) is 0 Å². The Labute approximate surface area is 132 Å². The molecule has 0 amide bonds. The molecule has 1 aliphatic heterocycles. The third-order valence-electron chi connectivity index (χ3n) is 7.87. The number of hydrogen-bond acceptors (Lipinski definition) is 4. The molecule has 4 fully saturated rings. The molecule has 0 spiro atoms. The van der Waals surface area contributed by atoms with E-state index < -0.39 is 12.2 Å². The first-order chi connectivity index (χ1) is 10.4. The summed E-state index contributed by atoms with van der Waals surface area (Å²) in [5, 5.41) is 30.6. The molecule has 0 bridgehead atoms. The molecule has 3 saturated carbocycles. The first kappa shape index (κ1) is 15.4. The van der Waals surface area contributed by atoms with Crippen LogP contribution >= 0.6 is 0 Å². The van der Waals surface area contributed by atoms with E-state index in [4.69, 9.17) is 4.74 Å². The summed E-state index contributed by atoms with van der Waals surface area (Å²) in [6.07, 6.45) is 4.64. The second-order valence-corrected chi connectivity index (χ2v) is 8.96. The Kier molecular flexibility index (Phi) is 3.44. The quantitative estimate of drug-likeness (QED) is 0.637. The van der Waals surface area contributed by atoms with Crippen molar-refractivity contribution in [3.8, 4) is 0 Å². The molecular formula is C18H30O4. The van der Waals surface area contributed by atoms with Crippen molar-refractivity contribution in [3.63, 3.8) is 0 Å². The largest absolute Gasteiger partial charge is 0.393 e. The second kappa shape index (κ2) is 4.92. The van der Waals surface area contributed by atoms with Crippen molar-refractivity contribution in [3.05, 3.63) is 0 Å². The van der Waals surface area contributed by atoms with Crippen LogP contribution in [0.3, 0.4) is 0 Å².